The average molecular weight is 366 g/mol. The number of hydrogen-bond donors (Lipinski definition) is 2. The molecule has 26 heavy (non-hydrogen) atoms. The Morgan fingerprint density at radius 2 is 1.81 bits per heavy atom. The Bertz CT molecular complexity index is 866. The third-order valence-electron chi connectivity index (χ3n) is 4.06. The van der Waals surface area contributed by atoms with Crippen LogP contribution in [0.15, 0.2) is 73.1 Å². The van der Waals surface area contributed by atoms with Crippen molar-refractivity contribution >= 4 is 23.2 Å². The number of nitrogens with one attached hydrogen (secondary N) is 2. The molecule has 0 radical (unpaired) electrons. The van der Waals surface area contributed by atoms with Crippen LogP contribution in [0, 0.1) is 0 Å². The number of halogens is 1. The number of carbonyl (C=O) groups is 1. The normalized spacial score (nSPS) is 11.6. The number of rotatable bonds is 6. The van der Waals surface area contributed by atoms with Gasteiger partial charge in [0.25, 0.3) is 5.91 Å². The van der Waals surface area contributed by atoms with E-state index in [1.807, 2.05) is 61.5 Å². The van der Waals surface area contributed by atoms with Gasteiger partial charge in [0.2, 0.25) is 0 Å². The quantitative estimate of drug-likeness (QED) is 0.657. The molecule has 1 unspecified atom stereocenters. The molecule has 0 aliphatic carbocycles. The van der Waals surface area contributed by atoms with E-state index in [1.165, 1.54) is 0 Å². The molecule has 1 amide bonds. The smallest absolute Gasteiger partial charge is 0.253 e. The third-order valence-corrected chi connectivity index (χ3v) is 4.31. The molecule has 132 valence electrons. The van der Waals surface area contributed by atoms with Gasteiger partial charge in [-0.1, -0.05) is 54.1 Å². The van der Waals surface area contributed by atoms with Crippen LogP contribution in [0.5, 0.6) is 0 Å². The van der Waals surface area contributed by atoms with Gasteiger partial charge >= 0.3 is 0 Å². The van der Waals surface area contributed by atoms with Crippen molar-refractivity contribution < 1.29 is 4.79 Å². The fourth-order valence-corrected chi connectivity index (χ4v) is 2.70. The fourth-order valence-electron chi connectivity index (χ4n) is 2.57. The van der Waals surface area contributed by atoms with Crippen molar-refractivity contribution in [1.29, 1.82) is 0 Å². The molecule has 2 aromatic carbocycles. The van der Waals surface area contributed by atoms with Gasteiger partial charge in [-0.3, -0.25) is 9.78 Å². The second-order valence-electron chi connectivity index (χ2n) is 6.05. The molecule has 0 saturated heterocycles. The van der Waals surface area contributed by atoms with E-state index in [4.69, 9.17) is 11.6 Å². The number of hydrogen-bond acceptors (Lipinski definition) is 3. The fraction of sp³-hybridized carbons (Fsp3) is 0.143. The lowest BCUT2D eigenvalue weighted by Gasteiger charge is -2.14. The number of pyridine rings is 1. The first-order chi connectivity index (χ1) is 12.6. The summed E-state index contributed by atoms with van der Waals surface area (Å²) in [6.45, 7) is 2.59. The Kier molecular flexibility index (Phi) is 5.87. The lowest BCUT2D eigenvalue weighted by atomic mass is 10.1. The molecular weight excluding hydrogens is 346 g/mol. The second kappa shape index (κ2) is 8.50. The number of aromatic nitrogens is 1. The minimum atomic E-state index is -0.149. The maximum absolute atomic E-state index is 12.5. The van der Waals surface area contributed by atoms with Crippen LogP contribution in [0.3, 0.4) is 0 Å². The van der Waals surface area contributed by atoms with Crippen molar-refractivity contribution in [2.24, 2.45) is 0 Å². The maximum Gasteiger partial charge on any atom is 0.253 e. The molecule has 2 N–H and O–H groups in total. The molecule has 5 heteroatoms. The molecule has 0 aliphatic heterocycles. The second-order valence-corrected chi connectivity index (χ2v) is 6.48. The summed E-state index contributed by atoms with van der Waals surface area (Å²) in [6, 6.07) is 19.2. The molecule has 0 spiro atoms. The van der Waals surface area contributed by atoms with Gasteiger partial charge in [0.15, 0.2) is 0 Å². The molecule has 0 bridgehead atoms. The summed E-state index contributed by atoms with van der Waals surface area (Å²) in [5.74, 6) is -0.149. The minimum absolute atomic E-state index is 0.0746. The van der Waals surface area contributed by atoms with Crippen LogP contribution < -0.4 is 10.6 Å². The van der Waals surface area contributed by atoms with Gasteiger partial charge in [0.05, 0.1) is 17.3 Å². The van der Waals surface area contributed by atoms with E-state index >= 15 is 0 Å². The molecule has 0 fully saturated rings. The number of benzene rings is 2. The van der Waals surface area contributed by atoms with Crippen molar-refractivity contribution in [2.75, 3.05) is 5.32 Å². The minimum Gasteiger partial charge on any atom is -0.380 e. The van der Waals surface area contributed by atoms with Gasteiger partial charge < -0.3 is 10.6 Å². The molecule has 0 aliphatic rings. The largest absolute Gasteiger partial charge is 0.380 e. The number of carbonyl (C=O) groups excluding carboxylic acids is 1. The Morgan fingerprint density at radius 3 is 2.54 bits per heavy atom. The molecule has 4 nitrogen and oxygen atoms in total. The van der Waals surface area contributed by atoms with Crippen LogP contribution >= 0.6 is 11.6 Å². The van der Waals surface area contributed by atoms with E-state index in [-0.39, 0.29) is 11.9 Å². The number of amides is 1. The molecular formula is C21H20ClN3O. The molecule has 1 atom stereocenters. The first-order valence-corrected chi connectivity index (χ1v) is 8.79. The third kappa shape index (κ3) is 4.83. The van der Waals surface area contributed by atoms with Gasteiger partial charge in [-0.15, -0.1) is 0 Å². The van der Waals surface area contributed by atoms with Crippen LogP contribution in [0.1, 0.15) is 34.5 Å². The highest BCUT2D eigenvalue weighted by molar-refractivity contribution is 6.30. The van der Waals surface area contributed by atoms with E-state index < -0.39 is 0 Å². The van der Waals surface area contributed by atoms with Gasteiger partial charge in [-0.05, 0) is 36.2 Å². The van der Waals surface area contributed by atoms with Crippen molar-refractivity contribution in [3.8, 4) is 0 Å². The SMILES string of the molecule is CC(NC(=O)c1cncc(NCc2ccc(Cl)cc2)c1)c1ccccc1. The average Bonchev–Trinajstić information content (AvgIpc) is 2.68. The maximum atomic E-state index is 12.5. The first kappa shape index (κ1) is 18.0. The summed E-state index contributed by atoms with van der Waals surface area (Å²) in [7, 11) is 0. The predicted octanol–water partition coefficient (Wildman–Crippen LogP) is 4.84. The zero-order chi connectivity index (χ0) is 18.4. The van der Waals surface area contributed by atoms with E-state index in [0.717, 1.165) is 16.8 Å². The summed E-state index contributed by atoms with van der Waals surface area (Å²) in [5.41, 5.74) is 3.47. The Labute approximate surface area is 158 Å². The van der Waals surface area contributed by atoms with Crippen LogP contribution in [0.2, 0.25) is 5.02 Å². The van der Waals surface area contributed by atoms with Crippen LogP contribution in [-0.2, 0) is 6.54 Å². The monoisotopic (exact) mass is 365 g/mol. The Morgan fingerprint density at radius 1 is 1.08 bits per heavy atom. The summed E-state index contributed by atoms with van der Waals surface area (Å²) < 4.78 is 0. The van der Waals surface area contributed by atoms with E-state index in [0.29, 0.717) is 17.1 Å². The van der Waals surface area contributed by atoms with Crippen LogP contribution in [0.4, 0.5) is 5.69 Å². The van der Waals surface area contributed by atoms with Crippen molar-refractivity contribution in [3.63, 3.8) is 0 Å². The van der Waals surface area contributed by atoms with Gasteiger partial charge in [-0.25, -0.2) is 0 Å². The molecule has 1 aromatic heterocycles. The molecule has 3 rings (SSSR count). The summed E-state index contributed by atoms with van der Waals surface area (Å²) in [5, 5.41) is 6.98. The first-order valence-electron chi connectivity index (χ1n) is 8.41. The molecule has 0 saturated carbocycles. The van der Waals surface area contributed by atoms with E-state index in [1.54, 1.807) is 18.5 Å². The topological polar surface area (TPSA) is 54.0 Å². The van der Waals surface area contributed by atoms with E-state index in [9.17, 15) is 4.79 Å². The van der Waals surface area contributed by atoms with Gasteiger partial charge in [-0.2, -0.15) is 0 Å². The number of anilines is 1. The van der Waals surface area contributed by atoms with Crippen LogP contribution in [0.25, 0.3) is 0 Å². The van der Waals surface area contributed by atoms with Crippen molar-refractivity contribution in [2.45, 2.75) is 19.5 Å². The highest BCUT2D eigenvalue weighted by Crippen LogP contribution is 2.15. The standard InChI is InChI=1S/C21H20ClN3O/c1-15(17-5-3-2-4-6-17)25-21(26)18-11-20(14-23-13-18)24-12-16-7-9-19(22)10-8-16/h2-11,13-15,24H,12H2,1H3,(H,25,26). The van der Waals surface area contributed by atoms with Gasteiger partial charge in [0, 0.05) is 24.0 Å². The lowest BCUT2D eigenvalue weighted by molar-refractivity contribution is 0.0939. The zero-order valence-electron chi connectivity index (χ0n) is 14.4. The van der Waals surface area contributed by atoms with Crippen molar-refractivity contribution in [3.05, 3.63) is 94.8 Å². The zero-order valence-corrected chi connectivity index (χ0v) is 15.2. The molecule has 3 aromatic rings. The summed E-state index contributed by atoms with van der Waals surface area (Å²) in [6.07, 6.45) is 3.27. The van der Waals surface area contributed by atoms with Crippen molar-refractivity contribution in [1.82, 2.24) is 10.3 Å². The Balaban J connectivity index is 1.62. The predicted molar refractivity (Wildman–Crippen MR) is 105 cm³/mol. The lowest BCUT2D eigenvalue weighted by Crippen LogP contribution is -2.26. The molecule has 1 heterocycles. The Hall–Kier alpha value is -2.85. The highest BCUT2D eigenvalue weighted by atomic mass is 35.5. The summed E-state index contributed by atoms with van der Waals surface area (Å²) >= 11 is 5.90. The summed E-state index contributed by atoms with van der Waals surface area (Å²) in [4.78, 5) is 16.7. The van der Waals surface area contributed by atoms with E-state index in [2.05, 4.69) is 15.6 Å². The van der Waals surface area contributed by atoms with Gasteiger partial charge in [0.1, 0.15) is 0 Å². The number of nitrogens with zero attached hydrogens (tertiary/aromatic N) is 1. The van der Waals surface area contributed by atoms with Crippen LogP contribution in [-0.4, -0.2) is 10.9 Å². The highest BCUT2D eigenvalue weighted by Gasteiger charge is 2.12.